The van der Waals surface area contributed by atoms with Crippen LogP contribution in [0.3, 0.4) is 0 Å². The molecule has 192 valence electrons. The third-order valence-electron chi connectivity index (χ3n) is 6.22. The van der Waals surface area contributed by atoms with Crippen LogP contribution < -0.4 is 21.5 Å². The van der Waals surface area contributed by atoms with Crippen molar-refractivity contribution in [3.8, 4) is 33.9 Å². The van der Waals surface area contributed by atoms with E-state index in [2.05, 4.69) is 10.3 Å². The fourth-order valence-corrected chi connectivity index (χ4v) is 4.30. The van der Waals surface area contributed by atoms with Crippen LogP contribution in [0.4, 0.5) is 5.69 Å². The number of amidine groups is 1. The second kappa shape index (κ2) is 11.3. The van der Waals surface area contributed by atoms with Crippen molar-refractivity contribution in [2.24, 2.45) is 5.73 Å². The molecule has 0 saturated carbocycles. The SMILES string of the molecule is N=C(N)c1c(-c2ccc(Oc3ccccc3)cc2)cnc(-c2cccc(CNC(=O)c3ccccc3)c2)c1N. The quantitative estimate of drug-likeness (QED) is 0.149. The molecule has 0 unspecified atom stereocenters. The van der Waals surface area contributed by atoms with Crippen molar-refractivity contribution >= 4 is 17.4 Å². The van der Waals surface area contributed by atoms with Gasteiger partial charge in [-0.15, -0.1) is 0 Å². The number of rotatable bonds is 8. The lowest BCUT2D eigenvalue weighted by molar-refractivity contribution is 0.0951. The highest BCUT2D eigenvalue weighted by Gasteiger charge is 2.18. The first-order valence-corrected chi connectivity index (χ1v) is 12.4. The highest BCUT2D eigenvalue weighted by Crippen LogP contribution is 2.35. The molecule has 1 heterocycles. The van der Waals surface area contributed by atoms with Gasteiger partial charge in [0.25, 0.3) is 5.91 Å². The van der Waals surface area contributed by atoms with Crippen LogP contribution >= 0.6 is 0 Å². The zero-order valence-electron chi connectivity index (χ0n) is 21.1. The number of pyridine rings is 1. The summed E-state index contributed by atoms with van der Waals surface area (Å²) in [5.41, 5.74) is 17.5. The number of nitrogens with one attached hydrogen (secondary N) is 2. The Labute approximate surface area is 226 Å². The Kier molecular flexibility index (Phi) is 7.32. The van der Waals surface area contributed by atoms with Crippen molar-refractivity contribution in [3.63, 3.8) is 0 Å². The summed E-state index contributed by atoms with van der Waals surface area (Å²) in [5, 5.41) is 11.2. The van der Waals surface area contributed by atoms with Crippen molar-refractivity contribution in [3.05, 3.63) is 132 Å². The number of carbonyl (C=O) groups excluding carboxylic acids is 1. The maximum atomic E-state index is 12.4. The summed E-state index contributed by atoms with van der Waals surface area (Å²) in [6.07, 6.45) is 1.68. The molecule has 4 aromatic carbocycles. The van der Waals surface area contributed by atoms with Crippen LogP contribution in [0.25, 0.3) is 22.4 Å². The summed E-state index contributed by atoms with van der Waals surface area (Å²) in [5.74, 6) is 1.12. The number of nitrogens with zero attached hydrogens (tertiary/aromatic N) is 1. The molecule has 0 spiro atoms. The fourth-order valence-electron chi connectivity index (χ4n) is 4.30. The van der Waals surface area contributed by atoms with Crippen LogP contribution in [0.15, 0.2) is 115 Å². The summed E-state index contributed by atoms with van der Waals surface area (Å²) < 4.78 is 5.89. The van der Waals surface area contributed by atoms with E-state index < -0.39 is 0 Å². The van der Waals surface area contributed by atoms with Crippen molar-refractivity contribution in [2.45, 2.75) is 6.54 Å². The number of anilines is 1. The molecule has 5 aromatic rings. The number of nitrogens with two attached hydrogens (primary N) is 2. The monoisotopic (exact) mass is 513 g/mol. The molecule has 0 aliphatic rings. The summed E-state index contributed by atoms with van der Waals surface area (Å²) in [7, 11) is 0. The lowest BCUT2D eigenvalue weighted by Gasteiger charge is -2.16. The Morgan fingerprint density at radius 1 is 0.821 bits per heavy atom. The van der Waals surface area contributed by atoms with E-state index in [1.54, 1.807) is 18.3 Å². The summed E-state index contributed by atoms with van der Waals surface area (Å²) >= 11 is 0. The van der Waals surface area contributed by atoms with Gasteiger partial charge in [0.05, 0.1) is 16.9 Å². The van der Waals surface area contributed by atoms with Gasteiger partial charge in [-0.25, -0.2) is 0 Å². The number of carbonyl (C=O) groups is 1. The van der Waals surface area contributed by atoms with E-state index in [1.165, 1.54) is 0 Å². The Morgan fingerprint density at radius 2 is 1.49 bits per heavy atom. The largest absolute Gasteiger partial charge is 0.457 e. The average Bonchev–Trinajstić information content (AvgIpc) is 2.97. The maximum Gasteiger partial charge on any atom is 0.251 e. The molecule has 0 saturated heterocycles. The van der Waals surface area contributed by atoms with Crippen molar-refractivity contribution in [2.75, 3.05) is 5.73 Å². The van der Waals surface area contributed by atoms with Crippen molar-refractivity contribution < 1.29 is 9.53 Å². The Bertz CT molecular complexity index is 1620. The first-order valence-electron chi connectivity index (χ1n) is 12.4. The minimum atomic E-state index is -0.151. The predicted octanol–water partition coefficient (Wildman–Crippen LogP) is 6.00. The summed E-state index contributed by atoms with van der Waals surface area (Å²) in [6.45, 7) is 0.344. The van der Waals surface area contributed by atoms with Crippen LogP contribution in [-0.2, 0) is 6.54 Å². The summed E-state index contributed by atoms with van der Waals surface area (Å²) in [6, 6.07) is 33.7. The number of amides is 1. The van der Waals surface area contributed by atoms with E-state index in [1.807, 2.05) is 97.1 Å². The molecule has 6 N–H and O–H groups in total. The molecule has 0 atom stereocenters. The summed E-state index contributed by atoms with van der Waals surface area (Å²) in [4.78, 5) is 17.1. The second-order valence-corrected chi connectivity index (χ2v) is 8.91. The Morgan fingerprint density at radius 3 is 2.18 bits per heavy atom. The molecule has 0 radical (unpaired) electrons. The van der Waals surface area contributed by atoms with Gasteiger partial charge in [-0.1, -0.05) is 66.7 Å². The van der Waals surface area contributed by atoms with Gasteiger partial charge in [-0.2, -0.15) is 0 Å². The Balaban J connectivity index is 1.39. The lowest BCUT2D eigenvalue weighted by Crippen LogP contribution is -2.22. The number of hydrogen-bond donors (Lipinski definition) is 4. The minimum Gasteiger partial charge on any atom is -0.457 e. The van der Waals surface area contributed by atoms with Crippen LogP contribution in [-0.4, -0.2) is 16.7 Å². The van der Waals surface area contributed by atoms with Crippen LogP contribution in [0.1, 0.15) is 21.5 Å². The van der Waals surface area contributed by atoms with Crippen LogP contribution in [0.2, 0.25) is 0 Å². The lowest BCUT2D eigenvalue weighted by atomic mass is 9.96. The average molecular weight is 514 g/mol. The predicted molar refractivity (Wildman–Crippen MR) is 155 cm³/mol. The molecule has 0 fully saturated rings. The van der Waals surface area contributed by atoms with Gasteiger partial charge in [0.2, 0.25) is 0 Å². The molecule has 0 aliphatic carbocycles. The van der Waals surface area contributed by atoms with Crippen molar-refractivity contribution in [1.82, 2.24) is 10.3 Å². The first kappa shape index (κ1) is 25.2. The second-order valence-electron chi connectivity index (χ2n) is 8.91. The van der Waals surface area contributed by atoms with Gasteiger partial charge >= 0.3 is 0 Å². The van der Waals surface area contributed by atoms with Gasteiger partial charge < -0.3 is 21.5 Å². The van der Waals surface area contributed by atoms with Gasteiger partial charge in [0.15, 0.2) is 0 Å². The molecular weight excluding hydrogens is 486 g/mol. The number of para-hydroxylation sites is 1. The van der Waals surface area contributed by atoms with Gasteiger partial charge in [0.1, 0.15) is 17.3 Å². The van der Waals surface area contributed by atoms with E-state index in [4.69, 9.17) is 21.6 Å². The number of aromatic nitrogens is 1. The number of hydrogen-bond acceptors (Lipinski definition) is 5. The zero-order chi connectivity index (χ0) is 27.2. The van der Waals surface area contributed by atoms with E-state index >= 15 is 0 Å². The van der Waals surface area contributed by atoms with Crippen LogP contribution in [0.5, 0.6) is 11.5 Å². The van der Waals surface area contributed by atoms with Gasteiger partial charge in [-0.3, -0.25) is 15.2 Å². The first-order chi connectivity index (χ1) is 19.0. The molecule has 5 rings (SSSR count). The zero-order valence-corrected chi connectivity index (χ0v) is 21.1. The van der Waals surface area contributed by atoms with E-state index in [9.17, 15) is 4.79 Å². The van der Waals surface area contributed by atoms with E-state index in [0.717, 1.165) is 22.4 Å². The molecule has 7 heteroatoms. The molecular formula is C32H27N5O2. The van der Waals surface area contributed by atoms with Gasteiger partial charge in [-0.05, 0) is 53.6 Å². The number of ether oxygens (including phenoxy) is 1. The number of nitrogen functional groups attached to an aromatic ring is 2. The molecule has 1 aromatic heterocycles. The van der Waals surface area contributed by atoms with E-state index in [-0.39, 0.29) is 11.7 Å². The minimum absolute atomic E-state index is 0.151. The highest BCUT2D eigenvalue weighted by atomic mass is 16.5. The molecule has 39 heavy (non-hydrogen) atoms. The normalized spacial score (nSPS) is 10.6. The third-order valence-corrected chi connectivity index (χ3v) is 6.22. The van der Waals surface area contributed by atoms with Crippen molar-refractivity contribution in [1.29, 1.82) is 5.41 Å². The molecule has 7 nitrogen and oxygen atoms in total. The standard InChI is InChI=1S/C32H27N5O2/c33-29-28(31(34)35)27(22-14-16-26(17-15-22)39-25-12-5-2-6-13-25)20-36-30(29)24-11-7-8-21(18-24)19-37-32(38)23-9-3-1-4-10-23/h1-18,20H,19,33H2,(H3,34,35)(H,37,38). The number of benzene rings is 4. The smallest absolute Gasteiger partial charge is 0.251 e. The maximum absolute atomic E-state index is 12.4. The molecule has 0 aliphatic heterocycles. The topological polar surface area (TPSA) is 127 Å². The molecule has 1 amide bonds. The highest BCUT2D eigenvalue weighted by molar-refractivity contribution is 6.08. The van der Waals surface area contributed by atoms with Crippen LogP contribution in [0, 0.1) is 5.41 Å². The van der Waals surface area contributed by atoms with E-state index in [0.29, 0.717) is 40.4 Å². The molecule has 0 bridgehead atoms. The third kappa shape index (κ3) is 5.78. The Hall–Kier alpha value is -5.43. The fraction of sp³-hybridized carbons (Fsp3) is 0.0312. The van der Waals surface area contributed by atoms with Gasteiger partial charge in [0, 0.05) is 29.4 Å².